The van der Waals surface area contributed by atoms with E-state index in [4.69, 9.17) is 56.5 Å². The lowest BCUT2D eigenvalue weighted by atomic mass is 9.81. The van der Waals surface area contributed by atoms with Gasteiger partial charge in [0.2, 0.25) is 21.1 Å². The van der Waals surface area contributed by atoms with Crippen molar-refractivity contribution in [3.05, 3.63) is 112 Å². The number of nitrogens with zero attached hydrogens (tertiary/aromatic N) is 6. The van der Waals surface area contributed by atoms with E-state index in [2.05, 4.69) is 29.9 Å². The van der Waals surface area contributed by atoms with Crippen molar-refractivity contribution in [3.63, 3.8) is 0 Å². The van der Waals surface area contributed by atoms with Crippen LogP contribution in [0.2, 0.25) is 21.1 Å². The summed E-state index contributed by atoms with van der Waals surface area (Å²) in [5.74, 6) is 1.17. The van der Waals surface area contributed by atoms with Gasteiger partial charge in [-0.2, -0.15) is 24.9 Å². The third kappa shape index (κ3) is 9.66. The number of aromatic nitrogens is 6. The van der Waals surface area contributed by atoms with E-state index in [0.29, 0.717) is 17.1 Å². The van der Waals surface area contributed by atoms with Gasteiger partial charge in [-0.05, 0) is 51.9 Å². The van der Waals surface area contributed by atoms with E-state index in [-0.39, 0.29) is 21.1 Å². The van der Waals surface area contributed by atoms with Crippen molar-refractivity contribution in [2.45, 2.75) is 0 Å². The Morgan fingerprint density at radius 1 is 0.432 bits per heavy atom. The minimum absolute atomic E-state index is 0.000000000000000444. The first-order valence-corrected chi connectivity index (χ1v) is 12.0. The SMILES string of the molecule is Clc1nc(-c2ccccc2)nc(-c2ccccc2)n1.Clc1nc(Cl)nc(Cl)n1.OB(O)c1ccccc1. The summed E-state index contributed by atoms with van der Waals surface area (Å²) in [6.45, 7) is 0. The Bertz CT molecular complexity index is 1300. The molecule has 0 unspecified atom stereocenters. The quantitative estimate of drug-likeness (QED) is 0.288. The van der Waals surface area contributed by atoms with Crippen LogP contribution in [0.1, 0.15) is 0 Å². The molecule has 0 aliphatic rings. The number of hydrogen-bond donors (Lipinski definition) is 2. The summed E-state index contributed by atoms with van der Waals surface area (Å²) >= 11 is 21.9. The van der Waals surface area contributed by atoms with Crippen LogP contribution < -0.4 is 5.46 Å². The maximum atomic E-state index is 8.58. The third-order valence-corrected chi connectivity index (χ3v) is 5.00. The highest BCUT2D eigenvalue weighted by Crippen LogP contribution is 2.21. The molecule has 0 radical (unpaired) electrons. The molecule has 0 atom stereocenters. The van der Waals surface area contributed by atoms with Gasteiger partial charge in [0.15, 0.2) is 11.6 Å². The second-order valence-electron chi connectivity index (χ2n) is 6.91. The summed E-state index contributed by atoms with van der Waals surface area (Å²) in [4.78, 5) is 23.2. The van der Waals surface area contributed by atoms with Gasteiger partial charge >= 0.3 is 7.12 Å². The van der Waals surface area contributed by atoms with Crippen LogP contribution in [-0.2, 0) is 0 Å². The van der Waals surface area contributed by atoms with E-state index < -0.39 is 7.12 Å². The van der Waals surface area contributed by atoms with Gasteiger partial charge in [-0.25, -0.2) is 4.98 Å². The van der Waals surface area contributed by atoms with E-state index in [0.717, 1.165) is 11.1 Å². The standard InChI is InChI=1S/C15H10ClN3.C6H7BO2.C3Cl3N3/c16-15-18-13(11-7-3-1-4-8-11)17-14(19-15)12-9-5-2-6-10-12;8-7(9)6-4-2-1-3-5-6;4-1-7-2(5)9-3(6)8-1/h1-10H;1-5,8-9H;. The van der Waals surface area contributed by atoms with E-state index in [1.54, 1.807) is 24.3 Å². The molecule has 0 bridgehead atoms. The molecule has 0 aliphatic carbocycles. The number of rotatable bonds is 3. The molecule has 2 N–H and O–H groups in total. The Labute approximate surface area is 233 Å². The molecule has 0 aliphatic heterocycles. The summed E-state index contributed by atoms with van der Waals surface area (Å²) in [5.41, 5.74) is 2.37. The highest BCUT2D eigenvalue weighted by molar-refractivity contribution is 6.58. The van der Waals surface area contributed by atoms with Crippen molar-refractivity contribution >= 4 is 59.0 Å². The van der Waals surface area contributed by atoms with Crippen molar-refractivity contribution < 1.29 is 10.0 Å². The number of benzene rings is 3. The Balaban J connectivity index is 0.000000176. The predicted octanol–water partition coefficient (Wildman–Crippen LogP) is 5.06. The van der Waals surface area contributed by atoms with Gasteiger partial charge in [0.1, 0.15) is 0 Å². The zero-order valence-corrected chi connectivity index (χ0v) is 21.9. The third-order valence-electron chi connectivity index (χ3n) is 4.32. The van der Waals surface area contributed by atoms with Crippen molar-refractivity contribution in [2.24, 2.45) is 0 Å². The number of halogens is 4. The minimum Gasteiger partial charge on any atom is -0.423 e. The molecular formula is C24H17BCl4N6O2. The monoisotopic (exact) mass is 572 g/mol. The molecule has 5 rings (SSSR count). The molecule has 2 heterocycles. The average Bonchev–Trinajstić information content (AvgIpc) is 2.90. The molecule has 186 valence electrons. The average molecular weight is 574 g/mol. The summed E-state index contributed by atoms with van der Waals surface area (Å²) < 4.78 is 0. The molecule has 37 heavy (non-hydrogen) atoms. The van der Waals surface area contributed by atoms with Crippen molar-refractivity contribution in [1.29, 1.82) is 0 Å². The van der Waals surface area contributed by atoms with Crippen LogP contribution in [0, 0.1) is 0 Å². The summed E-state index contributed by atoms with van der Waals surface area (Å²) in [6, 6.07) is 28.1. The molecule has 5 aromatic rings. The molecular weight excluding hydrogens is 557 g/mol. The van der Waals surface area contributed by atoms with Gasteiger partial charge in [0, 0.05) is 11.1 Å². The maximum absolute atomic E-state index is 8.58. The first-order valence-electron chi connectivity index (χ1n) is 10.5. The topological polar surface area (TPSA) is 118 Å². The Morgan fingerprint density at radius 3 is 1.08 bits per heavy atom. The van der Waals surface area contributed by atoms with Gasteiger partial charge in [-0.3, -0.25) is 0 Å². The molecule has 0 saturated heterocycles. The highest BCUT2D eigenvalue weighted by atomic mass is 35.5. The molecule has 13 heteroatoms. The van der Waals surface area contributed by atoms with E-state index in [1.165, 1.54) is 0 Å². The van der Waals surface area contributed by atoms with Crippen LogP contribution in [0.5, 0.6) is 0 Å². The maximum Gasteiger partial charge on any atom is 0.488 e. The lowest BCUT2D eigenvalue weighted by molar-refractivity contribution is 0.426. The van der Waals surface area contributed by atoms with Crippen LogP contribution in [0.25, 0.3) is 22.8 Å². The van der Waals surface area contributed by atoms with Gasteiger partial charge in [0.05, 0.1) is 0 Å². The molecule has 8 nitrogen and oxygen atoms in total. The number of hydrogen-bond acceptors (Lipinski definition) is 8. The van der Waals surface area contributed by atoms with Gasteiger partial charge in [0.25, 0.3) is 0 Å². The smallest absolute Gasteiger partial charge is 0.423 e. The highest BCUT2D eigenvalue weighted by Gasteiger charge is 2.09. The summed E-state index contributed by atoms with van der Waals surface area (Å²) in [6.07, 6.45) is 0. The lowest BCUT2D eigenvalue weighted by Crippen LogP contribution is -2.29. The summed E-state index contributed by atoms with van der Waals surface area (Å²) in [7, 11) is -1.34. The molecule has 3 aromatic carbocycles. The molecule has 0 saturated carbocycles. The van der Waals surface area contributed by atoms with Crippen LogP contribution in [-0.4, -0.2) is 47.1 Å². The van der Waals surface area contributed by atoms with Crippen LogP contribution in [0.4, 0.5) is 0 Å². The lowest BCUT2D eigenvalue weighted by Gasteiger charge is -2.04. The minimum atomic E-state index is -1.34. The second-order valence-corrected chi connectivity index (χ2v) is 8.26. The van der Waals surface area contributed by atoms with Crippen molar-refractivity contribution in [3.8, 4) is 22.8 Å². The fourth-order valence-corrected chi connectivity index (χ4v) is 3.48. The van der Waals surface area contributed by atoms with Gasteiger partial charge in [-0.1, -0.05) is 91.0 Å². The Hall–Kier alpha value is -3.18. The largest absolute Gasteiger partial charge is 0.488 e. The molecule has 0 amide bonds. The zero-order chi connectivity index (χ0) is 26.6. The summed E-state index contributed by atoms with van der Waals surface area (Å²) in [5, 5.41) is 17.4. The zero-order valence-electron chi connectivity index (χ0n) is 18.8. The molecule has 2 aromatic heterocycles. The fraction of sp³-hybridized carbons (Fsp3) is 0. The Kier molecular flexibility index (Phi) is 11.2. The fourth-order valence-electron chi connectivity index (χ4n) is 2.71. The predicted molar refractivity (Wildman–Crippen MR) is 147 cm³/mol. The Morgan fingerprint density at radius 2 is 0.757 bits per heavy atom. The second kappa shape index (κ2) is 14.5. The van der Waals surface area contributed by atoms with Crippen LogP contribution >= 0.6 is 46.4 Å². The van der Waals surface area contributed by atoms with Crippen LogP contribution in [0.15, 0.2) is 91.0 Å². The van der Waals surface area contributed by atoms with Gasteiger partial charge < -0.3 is 10.0 Å². The van der Waals surface area contributed by atoms with Crippen molar-refractivity contribution in [2.75, 3.05) is 0 Å². The van der Waals surface area contributed by atoms with E-state index >= 15 is 0 Å². The first kappa shape index (κ1) is 28.4. The molecule has 0 spiro atoms. The van der Waals surface area contributed by atoms with Crippen molar-refractivity contribution in [1.82, 2.24) is 29.9 Å². The van der Waals surface area contributed by atoms with E-state index in [9.17, 15) is 0 Å². The molecule has 0 fully saturated rings. The normalized spacial score (nSPS) is 9.89. The van der Waals surface area contributed by atoms with Crippen LogP contribution in [0.3, 0.4) is 0 Å². The van der Waals surface area contributed by atoms with E-state index in [1.807, 2.05) is 66.7 Å². The first-order chi connectivity index (χ1) is 17.8. The van der Waals surface area contributed by atoms with Gasteiger partial charge in [-0.15, -0.1) is 0 Å².